The van der Waals surface area contributed by atoms with Crippen LogP contribution in [0.3, 0.4) is 0 Å². The van der Waals surface area contributed by atoms with Crippen molar-refractivity contribution in [1.29, 1.82) is 0 Å². The molecule has 1 N–H and O–H groups in total. The number of benzene rings is 1. The fraction of sp³-hybridized carbons (Fsp3) is 0.182. The molecule has 0 aliphatic heterocycles. The van der Waals surface area contributed by atoms with Gasteiger partial charge in [-0.05, 0) is 17.7 Å². The van der Waals surface area contributed by atoms with Gasteiger partial charge in [-0.15, -0.1) is 0 Å². The quantitative estimate of drug-likeness (QED) is 0.793. The lowest BCUT2D eigenvalue weighted by molar-refractivity contribution is -0.138. The predicted octanol–water partition coefficient (Wildman–Crippen LogP) is 2.51. The summed E-state index contributed by atoms with van der Waals surface area (Å²) in [5.41, 5.74) is -0.704. The molecule has 86 valence electrons. The number of carbonyl (C=O) groups excluding carboxylic acids is 1. The summed E-state index contributed by atoms with van der Waals surface area (Å²) in [4.78, 5) is 10.8. The van der Waals surface area contributed by atoms with Crippen LogP contribution in [-0.2, 0) is 17.5 Å². The lowest BCUT2D eigenvalue weighted by atomic mass is 10.1. The van der Waals surface area contributed by atoms with Gasteiger partial charge in [0.15, 0.2) is 0 Å². The lowest BCUT2D eigenvalue weighted by Gasteiger charge is -2.12. The maximum Gasteiger partial charge on any atom is 0.416 e. The fourth-order valence-corrected chi connectivity index (χ4v) is 1.21. The zero-order chi connectivity index (χ0) is 12.2. The smallest absolute Gasteiger partial charge is 0.348 e. The van der Waals surface area contributed by atoms with E-state index < -0.39 is 17.6 Å². The molecule has 1 amide bonds. The first kappa shape index (κ1) is 12.3. The summed E-state index contributed by atoms with van der Waals surface area (Å²) in [5.74, 6) is -0.503. The molecular weight excluding hydrogens is 219 g/mol. The molecule has 0 heterocycles. The summed E-state index contributed by atoms with van der Waals surface area (Å²) < 4.78 is 37.6. The maximum absolute atomic E-state index is 12.5. The van der Waals surface area contributed by atoms with Gasteiger partial charge in [-0.3, -0.25) is 4.79 Å². The van der Waals surface area contributed by atoms with Crippen LogP contribution >= 0.6 is 0 Å². The summed E-state index contributed by atoms with van der Waals surface area (Å²) in [5, 5.41) is 2.30. The van der Waals surface area contributed by atoms with Crippen LogP contribution in [0.2, 0.25) is 0 Å². The van der Waals surface area contributed by atoms with Crippen LogP contribution in [0.25, 0.3) is 0 Å². The van der Waals surface area contributed by atoms with Gasteiger partial charge in [0.25, 0.3) is 0 Å². The van der Waals surface area contributed by atoms with Gasteiger partial charge in [0.05, 0.1) is 5.56 Å². The van der Waals surface area contributed by atoms with Crippen LogP contribution in [0.4, 0.5) is 13.2 Å². The summed E-state index contributed by atoms with van der Waals surface area (Å²) in [7, 11) is 0. The molecule has 0 atom stereocenters. The largest absolute Gasteiger partial charge is 0.416 e. The van der Waals surface area contributed by atoms with Crippen molar-refractivity contribution in [3.8, 4) is 0 Å². The van der Waals surface area contributed by atoms with E-state index in [-0.39, 0.29) is 12.1 Å². The van der Waals surface area contributed by atoms with Gasteiger partial charge >= 0.3 is 6.18 Å². The van der Waals surface area contributed by atoms with E-state index in [1.165, 1.54) is 18.2 Å². The highest BCUT2D eigenvalue weighted by atomic mass is 19.4. The van der Waals surface area contributed by atoms with E-state index in [4.69, 9.17) is 0 Å². The number of hydrogen-bond acceptors (Lipinski definition) is 1. The van der Waals surface area contributed by atoms with E-state index in [1.807, 2.05) is 0 Å². The van der Waals surface area contributed by atoms with E-state index in [9.17, 15) is 18.0 Å². The summed E-state index contributed by atoms with van der Waals surface area (Å²) in [6.07, 6.45) is -3.40. The molecule has 2 nitrogen and oxygen atoms in total. The molecule has 0 fully saturated rings. The monoisotopic (exact) mass is 229 g/mol. The highest BCUT2D eigenvalue weighted by molar-refractivity contribution is 5.86. The minimum Gasteiger partial charge on any atom is -0.348 e. The number of alkyl halides is 3. The van der Waals surface area contributed by atoms with E-state index in [1.54, 1.807) is 0 Å². The Bertz CT molecular complexity index is 398. The average molecular weight is 229 g/mol. The molecule has 0 radical (unpaired) electrons. The third-order valence-electron chi connectivity index (χ3n) is 1.96. The van der Waals surface area contributed by atoms with E-state index in [2.05, 4.69) is 11.9 Å². The van der Waals surface area contributed by atoms with Crippen LogP contribution < -0.4 is 5.32 Å². The number of carbonyl (C=O) groups is 1. The molecular formula is C11H10F3NO. The van der Waals surface area contributed by atoms with Gasteiger partial charge in [0, 0.05) is 6.54 Å². The zero-order valence-electron chi connectivity index (χ0n) is 8.34. The van der Waals surface area contributed by atoms with Crippen molar-refractivity contribution in [3.05, 3.63) is 48.0 Å². The molecule has 0 aliphatic carbocycles. The Balaban J connectivity index is 2.87. The first-order valence-corrected chi connectivity index (χ1v) is 4.50. The molecule has 5 heteroatoms. The third kappa shape index (κ3) is 3.12. The van der Waals surface area contributed by atoms with Gasteiger partial charge in [-0.2, -0.15) is 13.2 Å². The number of amides is 1. The average Bonchev–Trinajstić information content (AvgIpc) is 2.25. The lowest BCUT2D eigenvalue weighted by Crippen LogP contribution is -2.22. The van der Waals surface area contributed by atoms with Crippen molar-refractivity contribution in [1.82, 2.24) is 5.32 Å². The van der Waals surface area contributed by atoms with Gasteiger partial charge < -0.3 is 5.32 Å². The predicted molar refractivity (Wildman–Crippen MR) is 53.5 cm³/mol. The molecule has 0 saturated heterocycles. The highest BCUT2D eigenvalue weighted by Gasteiger charge is 2.32. The second-order valence-electron chi connectivity index (χ2n) is 3.08. The van der Waals surface area contributed by atoms with Crippen molar-refractivity contribution in [2.75, 3.05) is 0 Å². The minimum atomic E-state index is -4.41. The molecule has 0 aliphatic rings. The number of halogens is 3. The zero-order valence-corrected chi connectivity index (χ0v) is 8.34. The van der Waals surface area contributed by atoms with Crippen LogP contribution in [0.1, 0.15) is 11.1 Å². The minimum absolute atomic E-state index is 0.0326. The van der Waals surface area contributed by atoms with Gasteiger partial charge in [0.1, 0.15) is 0 Å². The van der Waals surface area contributed by atoms with Crippen molar-refractivity contribution in [3.63, 3.8) is 0 Å². The standard InChI is InChI=1S/C11H10F3NO/c1-2-10(16)15-7-8-5-3-4-6-9(8)11(12,13)14/h2-6H,1,7H2,(H,15,16). The Kier molecular flexibility index (Phi) is 3.71. The fourth-order valence-electron chi connectivity index (χ4n) is 1.21. The van der Waals surface area contributed by atoms with Gasteiger partial charge in [0.2, 0.25) is 5.91 Å². The maximum atomic E-state index is 12.5. The van der Waals surface area contributed by atoms with E-state index in [0.717, 1.165) is 12.1 Å². The van der Waals surface area contributed by atoms with Crippen LogP contribution in [0, 0.1) is 0 Å². The summed E-state index contributed by atoms with van der Waals surface area (Å²) in [6.45, 7) is 3.04. The van der Waals surface area contributed by atoms with Crippen LogP contribution in [0.5, 0.6) is 0 Å². The number of hydrogen-bond donors (Lipinski definition) is 1. The number of rotatable bonds is 3. The van der Waals surface area contributed by atoms with Crippen LogP contribution in [0.15, 0.2) is 36.9 Å². The first-order chi connectivity index (χ1) is 7.45. The molecule has 0 unspecified atom stereocenters. The molecule has 0 spiro atoms. The Morgan fingerprint density at radius 2 is 2.00 bits per heavy atom. The second kappa shape index (κ2) is 4.83. The van der Waals surface area contributed by atoms with Crippen LogP contribution in [-0.4, -0.2) is 5.91 Å². The van der Waals surface area contributed by atoms with Crippen molar-refractivity contribution >= 4 is 5.91 Å². The molecule has 16 heavy (non-hydrogen) atoms. The first-order valence-electron chi connectivity index (χ1n) is 4.50. The second-order valence-corrected chi connectivity index (χ2v) is 3.08. The van der Waals surface area contributed by atoms with Crippen molar-refractivity contribution < 1.29 is 18.0 Å². The van der Waals surface area contributed by atoms with E-state index >= 15 is 0 Å². The SMILES string of the molecule is C=CC(=O)NCc1ccccc1C(F)(F)F. The third-order valence-corrected chi connectivity index (χ3v) is 1.96. The summed E-state index contributed by atoms with van der Waals surface area (Å²) in [6, 6.07) is 5.11. The summed E-state index contributed by atoms with van der Waals surface area (Å²) >= 11 is 0. The van der Waals surface area contributed by atoms with Gasteiger partial charge in [-0.25, -0.2) is 0 Å². The Labute approximate surface area is 90.8 Å². The Morgan fingerprint density at radius 3 is 2.56 bits per heavy atom. The van der Waals surface area contributed by atoms with Gasteiger partial charge in [-0.1, -0.05) is 24.8 Å². The molecule has 1 rings (SSSR count). The molecule has 1 aromatic rings. The van der Waals surface area contributed by atoms with E-state index in [0.29, 0.717) is 0 Å². The Hall–Kier alpha value is -1.78. The normalized spacial score (nSPS) is 10.9. The molecule has 0 saturated carbocycles. The van der Waals surface area contributed by atoms with Crippen molar-refractivity contribution in [2.45, 2.75) is 12.7 Å². The number of nitrogens with one attached hydrogen (secondary N) is 1. The molecule has 0 bridgehead atoms. The molecule has 1 aromatic carbocycles. The molecule has 0 aromatic heterocycles. The highest BCUT2D eigenvalue weighted by Crippen LogP contribution is 2.31. The van der Waals surface area contributed by atoms with Crippen molar-refractivity contribution in [2.24, 2.45) is 0 Å². The topological polar surface area (TPSA) is 29.1 Å². The Morgan fingerprint density at radius 1 is 1.38 bits per heavy atom.